The van der Waals surface area contributed by atoms with Crippen molar-refractivity contribution in [2.24, 2.45) is 4.99 Å². The fourth-order valence-electron chi connectivity index (χ4n) is 3.36. The first kappa shape index (κ1) is 21.5. The Balaban J connectivity index is 1.76. The molecule has 1 fully saturated rings. The molecule has 1 aliphatic rings. The van der Waals surface area contributed by atoms with E-state index in [1.807, 2.05) is 45.0 Å². The number of guanidine groups is 1. The van der Waals surface area contributed by atoms with Gasteiger partial charge in [-0.1, -0.05) is 36.9 Å². The van der Waals surface area contributed by atoms with Crippen LogP contribution in [0.1, 0.15) is 49.1 Å². The number of nitrogens with one attached hydrogen (secondary N) is 3. The van der Waals surface area contributed by atoms with Crippen molar-refractivity contribution in [3.8, 4) is 0 Å². The van der Waals surface area contributed by atoms with E-state index >= 15 is 0 Å². The predicted molar refractivity (Wildman–Crippen MR) is 125 cm³/mol. The van der Waals surface area contributed by atoms with E-state index in [2.05, 4.69) is 25.9 Å². The Bertz CT molecular complexity index is 888. The summed E-state index contributed by atoms with van der Waals surface area (Å²) < 4.78 is 0. The molecule has 1 aliphatic carbocycles. The van der Waals surface area contributed by atoms with E-state index in [0.29, 0.717) is 22.0 Å². The van der Waals surface area contributed by atoms with Crippen molar-refractivity contribution in [2.45, 2.75) is 58.9 Å². The number of aliphatic imine (C=N–C) groups is 1. The van der Waals surface area contributed by atoms with Gasteiger partial charge >= 0.3 is 0 Å². The van der Waals surface area contributed by atoms with Crippen LogP contribution in [0.5, 0.6) is 0 Å². The van der Waals surface area contributed by atoms with Gasteiger partial charge in [-0.05, 0) is 69.6 Å². The van der Waals surface area contributed by atoms with Crippen LogP contribution in [0, 0.1) is 20.8 Å². The van der Waals surface area contributed by atoms with Crippen molar-refractivity contribution < 1.29 is 0 Å². The first-order valence-electron chi connectivity index (χ1n) is 9.90. The number of hydrogen-bond donors (Lipinski definition) is 3. The zero-order chi connectivity index (χ0) is 20.8. The smallest absolute Gasteiger partial charge is 0.229 e. The Hall–Kier alpha value is -2.25. The minimum Gasteiger partial charge on any atom is -0.331 e. The van der Waals surface area contributed by atoms with Gasteiger partial charge in [0.1, 0.15) is 0 Å². The Morgan fingerprint density at radius 3 is 2.38 bits per heavy atom. The molecule has 2 aromatic rings. The fraction of sp³-hybridized carbons (Fsp3) is 0.429. The molecule has 1 heterocycles. The first-order valence-corrected chi connectivity index (χ1v) is 10.7. The highest BCUT2D eigenvalue weighted by molar-refractivity contribution is 7.80. The highest BCUT2D eigenvalue weighted by Crippen LogP contribution is 2.23. The topological polar surface area (TPSA) is 74.2 Å². The normalized spacial score (nSPS) is 15.1. The van der Waals surface area contributed by atoms with Gasteiger partial charge in [-0.2, -0.15) is 0 Å². The third kappa shape index (κ3) is 6.65. The lowest BCUT2D eigenvalue weighted by Gasteiger charge is -2.21. The van der Waals surface area contributed by atoms with Gasteiger partial charge in [0.15, 0.2) is 5.11 Å². The molecule has 1 aromatic heterocycles. The Labute approximate surface area is 182 Å². The second kappa shape index (κ2) is 9.98. The number of aryl methyl sites for hydroxylation is 3. The zero-order valence-electron chi connectivity index (χ0n) is 17.1. The van der Waals surface area contributed by atoms with Gasteiger partial charge < -0.3 is 10.6 Å². The maximum atomic E-state index is 6.31. The van der Waals surface area contributed by atoms with Crippen LogP contribution >= 0.6 is 23.8 Å². The number of nitrogens with zero attached hydrogens (tertiary/aromatic N) is 3. The summed E-state index contributed by atoms with van der Waals surface area (Å²) in [4.78, 5) is 13.8. The number of thiocarbonyl (C=S) groups is 1. The molecule has 8 heteroatoms. The van der Waals surface area contributed by atoms with E-state index in [9.17, 15) is 0 Å². The molecule has 0 spiro atoms. The van der Waals surface area contributed by atoms with Gasteiger partial charge in [0.05, 0.1) is 16.8 Å². The molecule has 154 valence electrons. The summed E-state index contributed by atoms with van der Waals surface area (Å²) in [7, 11) is 0. The maximum Gasteiger partial charge on any atom is 0.229 e. The molecule has 1 aromatic carbocycles. The molecule has 0 aliphatic heterocycles. The van der Waals surface area contributed by atoms with Gasteiger partial charge in [0.2, 0.25) is 11.9 Å². The summed E-state index contributed by atoms with van der Waals surface area (Å²) in [5.74, 6) is 1.04. The van der Waals surface area contributed by atoms with E-state index in [0.717, 1.165) is 35.5 Å². The SMILES string of the molecule is Cc1ccc(NC(=S)NC(=NC2CCCCC2)Nc2nc(C)cc(C)n2)c(Cl)c1. The lowest BCUT2D eigenvalue weighted by molar-refractivity contribution is 0.443. The zero-order valence-corrected chi connectivity index (χ0v) is 18.6. The van der Waals surface area contributed by atoms with Gasteiger partial charge in [-0.25, -0.2) is 15.0 Å². The lowest BCUT2D eigenvalue weighted by Crippen LogP contribution is -2.40. The van der Waals surface area contributed by atoms with Crippen molar-refractivity contribution in [1.29, 1.82) is 0 Å². The van der Waals surface area contributed by atoms with E-state index in [4.69, 9.17) is 28.8 Å². The molecular formula is C21H27ClN6S. The molecule has 0 atom stereocenters. The molecular weight excluding hydrogens is 404 g/mol. The Morgan fingerprint density at radius 2 is 1.72 bits per heavy atom. The minimum atomic E-state index is 0.260. The van der Waals surface area contributed by atoms with E-state index < -0.39 is 0 Å². The molecule has 1 saturated carbocycles. The highest BCUT2D eigenvalue weighted by atomic mass is 35.5. The number of anilines is 2. The molecule has 0 bridgehead atoms. The van der Waals surface area contributed by atoms with Crippen molar-refractivity contribution in [3.63, 3.8) is 0 Å². The van der Waals surface area contributed by atoms with Crippen LogP contribution in [0.25, 0.3) is 0 Å². The minimum absolute atomic E-state index is 0.260. The second-order valence-electron chi connectivity index (χ2n) is 7.43. The Kier molecular flexibility index (Phi) is 7.39. The largest absolute Gasteiger partial charge is 0.331 e. The molecule has 0 amide bonds. The number of rotatable bonds is 3. The van der Waals surface area contributed by atoms with Crippen molar-refractivity contribution in [3.05, 3.63) is 46.2 Å². The van der Waals surface area contributed by atoms with E-state index in [1.165, 1.54) is 19.3 Å². The molecule has 3 rings (SSSR count). The van der Waals surface area contributed by atoms with Crippen LogP contribution in [-0.2, 0) is 0 Å². The van der Waals surface area contributed by atoms with Crippen LogP contribution in [0.3, 0.4) is 0 Å². The quantitative estimate of drug-likeness (QED) is 0.355. The van der Waals surface area contributed by atoms with E-state index in [-0.39, 0.29) is 6.04 Å². The molecule has 3 N–H and O–H groups in total. The van der Waals surface area contributed by atoms with Gasteiger partial charge in [0.25, 0.3) is 0 Å². The predicted octanol–water partition coefficient (Wildman–Crippen LogP) is 5.14. The van der Waals surface area contributed by atoms with Crippen LogP contribution in [-0.4, -0.2) is 27.1 Å². The average Bonchev–Trinajstić information content (AvgIpc) is 2.64. The van der Waals surface area contributed by atoms with Crippen LogP contribution in [0.4, 0.5) is 11.6 Å². The number of aromatic nitrogens is 2. The maximum absolute atomic E-state index is 6.31. The summed E-state index contributed by atoms with van der Waals surface area (Å²) in [6, 6.07) is 7.97. The summed E-state index contributed by atoms with van der Waals surface area (Å²) in [5, 5.41) is 10.5. The number of halogens is 1. The standard InChI is InChI=1S/C21H27ClN6S/c1-13-9-10-18(17(22)11-13)26-21(29)28-20(25-16-7-5-4-6-8-16)27-19-23-14(2)12-15(3)24-19/h9-12,16H,4-8H2,1-3H3,(H3,23,24,25,26,27,28,29). The number of benzene rings is 1. The van der Waals surface area contributed by atoms with Crippen molar-refractivity contribution in [2.75, 3.05) is 10.6 Å². The molecule has 29 heavy (non-hydrogen) atoms. The van der Waals surface area contributed by atoms with Gasteiger partial charge in [0, 0.05) is 11.4 Å². The molecule has 0 saturated heterocycles. The van der Waals surface area contributed by atoms with Gasteiger partial charge in [-0.3, -0.25) is 5.32 Å². The lowest BCUT2D eigenvalue weighted by atomic mass is 9.96. The molecule has 0 unspecified atom stereocenters. The second-order valence-corrected chi connectivity index (χ2v) is 8.25. The van der Waals surface area contributed by atoms with E-state index in [1.54, 1.807) is 0 Å². The van der Waals surface area contributed by atoms with Crippen LogP contribution in [0.15, 0.2) is 29.3 Å². The highest BCUT2D eigenvalue weighted by Gasteiger charge is 2.15. The average molecular weight is 431 g/mol. The fourth-order valence-corrected chi connectivity index (χ4v) is 3.85. The molecule has 0 radical (unpaired) electrons. The number of hydrogen-bond acceptors (Lipinski definition) is 4. The Morgan fingerprint density at radius 1 is 1.03 bits per heavy atom. The third-order valence-electron chi connectivity index (χ3n) is 4.70. The van der Waals surface area contributed by atoms with Crippen molar-refractivity contribution in [1.82, 2.24) is 15.3 Å². The van der Waals surface area contributed by atoms with Gasteiger partial charge in [-0.15, -0.1) is 0 Å². The summed E-state index contributed by atoms with van der Waals surface area (Å²) >= 11 is 11.8. The van der Waals surface area contributed by atoms with Crippen LogP contribution in [0.2, 0.25) is 5.02 Å². The monoisotopic (exact) mass is 430 g/mol. The third-order valence-corrected chi connectivity index (χ3v) is 5.22. The summed E-state index contributed by atoms with van der Waals surface area (Å²) in [6.07, 6.45) is 5.82. The van der Waals surface area contributed by atoms with Crippen LogP contribution < -0.4 is 16.0 Å². The summed E-state index contributed by atoms with van der Waals surface area (Å²) in [5.41, 5.74) is 3.62. The molecule has 6 nitrogen and oxygen atoms in total. The van der Waals surface area contributed by atoms with Crippen molar-refractivity contribution >= 4 is 46.5 Å². The summed E-state index contributed by atoms with van der Waals surface area (Å²) in [6.45, 7) is 5.88. The first-order chi connectivity index (χ1) is 13.9.